The first-order valence-corrected chi connectivity index (χ1v) is 7.09. The number of amidine groups is 1. The maximum absolute atomic E-state index is 13.2. The minimum atomic E-state index is -0.238. The van der Waals surface area contributed by atoms with Crippen LogP contribution in [0.2, 0.25) is 0 Å². The molecular formula is C17H18FN3. The van der Waals surface area contributed by atoms with Gasteiger partial charge in [-0.1, -0.05) is 26.0 Å². The van der Waals surface area contributed by atoms with E-state index < -0.39 is 0 Å². The van der Waals surface area contributed by atoms with Crippen molar-refractivity contribution < 1.29 is 4.39 Å². The number of aliphatic imine (C=N–C) groups is 2. The molecule has 2 N–H and O–H groups in total. The number of hydrogen-bond acceptors (Lipinski definition) is 3. The van der Waals surface area contributed by atoms with E-state index in [2.05, 4.69) is 23.8 Å². The zero-order valence-electron chi connectivity index (χ0n) is 12.4. The van der Waals surface area contributed by atoms with Gasteiger partial charge in [0.25, 0.3) is 0 Å². The second kappa shape index (κ2) is 4.95. The van der Waals surface area contributed by atoms with E-state index in [1.165, 1.54) is 12.1 Å². The van der Waals surface area contributed by atoms with E-state index in [0.717, 1.165) is 39.7 Å². The fourth-order valence-corrected chi connectivity index (χ4v) is 2.67. The molecule has 0 saturated heterocycles. The summed E-state index contributed by atoms with van der Waals surface area (Å²) < 4.78 is 13.2. The van der Waals surface area contributed by atoms with Crippen LogP contribution in [0.4, 0.5) is 4.39 Å². The molecule has 0 radical (unpaired) electrons. The van der Waals surface area contributed by atoms with E-state index in [-0.39, 0.29) is 11.7 Å². The molecule has 1 aromatic rings. The first-order chi connectivity index (χ1) is 9.97. The molecule has 0 amide bonds. The van der Waals surface area contributed by atoms with Crippen LogP contribution in [-0.4, -0.2) is 11.5 Å². The number of fused-ring (bicyclic) bond motifs is 1. The highest BCUT2D eigenvalue weighted by molar-refractivity contribution is 6.38. The second-order valence-corrected chi connectivity index (χ2v) is 5.74. The van der Waals surface area contributed by atoms with Crippen LogP contribution in [0.3, 0.4) is 0 Å². The molecule has 3 rings (SSSR count). The molecule has 21 heavy (non-hydrogen) atoms. The van der Waals surface area contributed by atoms with Crippen LogP contribution >= 0.6 is 0 Å². The molecule has 2 aliphatic heterocycles. The molecule has 2 heterocycles. The number of rotatable bonds is 2. The number of nitrogens with zero attached hydrogens (tertiary/aromatic N) is 2. The van der Waals surface area contributed by atoms with Gasteiger partial charge >= 0.3 is 0 Å². The minimum absolute atomic E-state index is 0.238. The Bertz CT molecular complexity index is 719. The van der Waals surface area contributed by atoms with Gasteiger partial charge in [-0.3, -0.25) is 0 Å². The Balaban J connectivity index is 2.17. The summed E-state index contributed by atoms with van der Waals surface area (Å²) in [6, 6.07) is 6.53. The maximum Gasteiger partial charge on any atom is 0.156 e. The highest BCUT2D eigenvalue weighted by atomic mass is 19.1. The summed E-state index contributed by atoms with van der Waals surface area (Å²) in [5.74, 6) is 0.787. The number of allylic oxidation sites excluding steroid dienone is 3. The summed E-state index contributed by atoms with van der Waals surface area (Å²) in [6.45, 7) is 6.11. The third-order valence-corrected chi connectivity index (χ3v) is 3.84. The van der Waals surface area contributed by atoms with Crippen LogP contribution in [0.15, 0.2) is 51.2 Å². The highest BCUT2D eigenvalue weighted by Gasteiger charge is 2.30. The highest BCUT2D eigenvalue weighted by Crippen LogP contribution is 2.36. The van der Waals surface area contributed by atoms with E-state index in [9.17, 15) is 4.39 Å². The molecule has 1 aromatic carbocycles. The van der Waals surface area contributed by atoms with Gasteiger partial charge in [-0.15, -0.1) is 0 Å². The van der Waals surface area contributed by atoms with E-state index >= 15 is 0 Å². The molecular weight excluding hydrogens is 265 g/mol. The molecule has 0 fully saturated rings. The van der Waals surface area contributed by atoms with Gasteiger partial charge in [-0.2, -0.15) is 0 Å². The van der Waals surface area contributed by atoms with Crippen molar-refractivity contribution in [3.05, 3.63) is 52.6 Å². The molecule has 108 valence electrons. The lowest BCUT2D eigenvalue weighted by Crippen LogP contribution is -2.12. The standard InChI is InChI=1S/C17H18FN3/c1-9(2)16-15(11-4-6-12(18)7-5-11)13-8-14(19)10(3)20-17(13)21-16/h4-7,9H,8,19H2,1-3H3. The van der Waals surface area contributed by atoms with Crippen molar-refractivity contribution in [3.63, 3.8) is 0 Å². The minimum Gasteiger partial charge on any atom is -0.400 e. The van der Waals surface area contributed by atoms with Crippen LogP contribution < -0.4 is 5.73 Å². The lowest BCUT2D eigenvalue weighted by molar-refractivity contribution is 0.627. The first-order valence-electron chi connectivity index (χ1n) is 7.09. The molecule has 0 aliphatic carbocycles. The maximum atomic E-state index is 13.2. The van der Waals surface area contributed by atoms with Crippen molar-refractivity contribution in [2.45, 2.75) is 27.2 Å². The topological polar surface area (TPSA) is 50.7 Å². The van der Waals surface area contributed by atoms with Crippen LogP contribution in [0, 0.1) is 11.7 Å². The number of hydrogen-bond donors (Lipinski definition) is 1. The zero-order valence-corrected chi connectivity index (χ0v) is 12.4. The average Bonchev–Trinajstić information content (AvgIpc) is 2.79. The molecule has 2 aliphatic rings. The van der Waals surface area contributed by atoms with Crippen molar-refractivity contribution in [2.75, 3.05) is 0 Å². The van der Waals surface area contributed by atoms with Crippen molar-refractivity contribution in [1.29, 1.82) is 0 Å². The number of nitrogens with two attached hydrogens (primary N) is 1. The fraction of sp³-hybridized carbons (Fsp3) is 0.294. The van der Waals surface area contributed by atoms with Gasteiger partial charge in [0.05, 0.1) is 11.4 Å². The Morgan fingerprint density at radius 3 is 2.43 bits per heavy atom. The monoisotopic (exact) mass is 283 g/mol. The number of halogens is 1. The Morgan fingerprint density at radius 2 is 1.81 bits per heavy atom. The first kappa shape index (κ1) is 13.7. The van der Waals surface area contributed by atoms with E-state index in [4.69, 9.17) is 5.73 Å². The van der Waals surface area contributed by atoms with Gasteiger partial charge in [-0.25, -0.2) is 14.4 Å². The Morgan fingerprint density at radius 1 is 1.14 bits per heavy atom. The predicted octanol–water partition coefficient (Wildman–Crippen LogP) is 3.68. The molecule has 0 saturated carbocycles. The Labute approximate surface area is 123 Å². The van der Waals surface area contributed by atoms with Crippen LogP contribution in [0.1, 0.15) is 32.8 Å². The smallest absolute Gasteiger partial charge is 0.156 e. The normalized spacial score (nSPS) is 18.1. The summed E-state index contributed by atoms with van der Waals surface area (Å²) in [5, 5.41) is 0. The summed E-state index contributed by atoms with van der Waals surface area (Å²) >= 11 is 0. The quantitative estimate of drug-likeness (QED) is 0.884. The number of benzene rings is 1. The molecule has 0 bridgehead atoms. The largest absolute Gasteiger partial charge is 0.400 e. The zero-order chi connectivity index (χ0) is 15.1. The van der Waals surface area contributed by atoms with E-state index in [0.29, 0.717) is 6.42 Å². The van der Waals surface area contributed by atoms with Gasteiger partial charge in [0.15, 0.2) is 5.84 Å². The third kappa shape index (κ3) is 2.31. The molecule has 3 nitrogen and oxygen atoms in total. The molecule has 4 heteroatoms. The third-order valence-electron chi connectivity index (χ3n) is 3.84. The Kier molecular flexibility index (Phi) is 3.24. The van der Waals surface area contributed by atoms with Crippen LogP contribution in [0.5, 0.6) is 0 Å². The van der Waals surface area contributed by atoms with Crippen molar-refractivity contribution >= 4 is 17.1 Å². The van der Waals surface area contributed by atoms with Gasteiger partial charge in [0, 0.05) is 23.3 Å². The Hall–Kier alpha value is -2.23. The summed E-state index contributed by atoms with van der Waals surface area (Å²) in [7, 11) is 0. The summed E-state index contributed by atoms with van der Waals surface area (Å²) in [5.41, 5.74) is 11.7. The SMILES string of the molecule is CC1=C(N)CC2=C(c3ccc(F)cc3)C(C(C)C)=NC2=N1. The second-order valence-electron chi connectivity index (χ2n) is 5.74. The van der Waals surface area contributed by atoms with Crippen molar-refractivity contribution in [2.24, 2.45) is 21.6 Å². The molecule has 0 atom stereocenters. The van der Waals surface area contributed by atoms with Gasteiger partial charge in [0.2, 0.25) is 0 Å². The van der Waals surface area contributed by atoms with Gasteiger partial charge in [-0.05, 0) is 30.5 Å². The average molecular weight is 283 g/mol. The van der Waals surface area contributed by atoms with Crippen LogP contribution in [-0.2, 0) is 0 Å². The van der Waals surface area contributed by atoms with E-state index in [1.54, 1.807) is 12.1 Å². The van der Waals surface area contributed by atoms with Crippen LogP contribution in [0.25, 0.3) is 5.57 Å². The molecule has 0 aromatic heterocycles. The molecule has 0 spiro atoms. The predicted molar refractivity (Wildman–Crippen MR) is 84.5 cm³/mol. The van der Waals surface area contributed by atoms with Crippen molar-refractivity contribution in [3.8, 4) is 0 Å². The van der Waals surface area contributed by atoms with E-state index in [1.807, 2.05) is 6.92 Å². The fourth-order valence-electron chi connectivity index (χ4n) is 2.67. The lowest BCUT2D eigenvalue weighted by atomic mass is 9.89. The summed E-state index contributed by atoms with van der Waals surface area (Å²) in [6.07, 6.45) is 0.650. The molecule has 0 unspecified atom stereocenters. The lowest BCUT2D eigenvalue weighted by Gasteiger charge is -2.15. The van der Waals surface area contributed by atoms with Gasteiger partial charge < -0.3 is 5.73 Å². The summed E-state index contributed by atoms with van der Waals surface area (Å²) in [4.78, 5) is 9.19. The van der Waals surface area contributed by atoms with Crippen molar-refractivity contribution in [1.82, 2.24) is 0 Å². The van der Waals surface area contributed by atoms with Gasteiger partial charge in [0.1, 0.15) is 5.82 Å².